The molecule has 3 rings (SSSR count). The molecule has 0 saturated heterocycles. The van der Waals surface area contributed by atoms with E-state index >= 15 is 0 Å². The van der Waals surface area contributed by atoms with Crippen molar-refractivity contribution in [2.24, 2.45) is 0 Å². The number of aryl methyl sites for hydroxylation is 1. The first-order valence-electron chi connectivity index (χ1n) is 6.62. The van der Waals surface area contributed by atoms with E-state index in [0.717, 1.165) is 17.7 Å². The molecule has 0 saturated carbocycles. The van der Waals surface area contributed by atoms with Crippen LogP contribution in [-0.2, 0) is 11.2 Å². The molecule has 0 spiro atoms. The van der Waals surface area contributed by atoms with Gasteiger partial charge in [0.05, 0.1) is 5.56 Å². The van der Waals surface area contributed by atoms with Crippen LogP contribution in [0.25, 0.3) is 0 Å². The Kier molecular flexibility index (Phi) is 3.58. The van der Waals surface area contributed by atoms with Crippen LogP contribution < -0.4 is 10.1 Å². The van der Waals surface area contributed by atoms with Gasteiger partial charge >= 0.3 is 5.97 Å². The highest BCUT2D eigenvalue weighted by Gasteiger charge is 2.17. The number of nitrogens with one attached hydrogen (secondary N) is 1. The summed E-state index contributed by atoms with van der Waals surface area (Å²) in [5, 5.41) is 2.71. The fourth-order valence-corrected chi connectivity index (χ4v) is 2.26. The van der Waals surface area contributed by atoms with Gasteiger partial charge in [-0.05, 0) is 42.3 Å². The maximum atomic E-state index is 13.1. The lowest BCUT2D eigenvalue weighted by molar-refractivity contribution is -0.116. The first-order chi connectivity index (χ1) is 10.5. The number of carbonyl (C=O) groups is 2. The molecule has 2 aromatic carbocycles. The lowest BCUT2D eigenvalue weighted by Crippen LogP contribution is -2.19. The molecule has 1 aliphatic rings. The van der Waals surface area contributed by atoms with Gasteiger partial charge in [0, 0.05) is 18.2 Å². The molecule has 1 N–H and O–H groups in total. The molecule has 4 nitrogen and oxygen atoms in total. The summed E-state index contributed by atoms with van der Waals surface area (Å²) in [6, 6.07) is 7.26. The molecular formula is C16H11F2NO3. The van der Waals surface area contributed by atoms with Crippen molar-refractivity contribution < 1.29 is 23.1 Å². The Morgan fingerprint density at radius 1 is 1.05 bits per heavy atom. The summed E-state index contributed by atoms with van der Waals surface area (Å²) in [5.41, 5.74) is 1.31. The molecule has 22 heavy (non-hydrogen) atoms. The van der Waals surface area contributed by atoms with Crippen LogP contribution in [0.3, 0.4) is 0 Å². The monoisotopic (exact) mass is 303 g/mol. The van der Waals surface area contributed by atoms with Gasteiger partial charge in [-0.3, -0.25) is 4.79 Å². The van der Waals surface area contributed by atoms with Gasteiger partial charge in [0.25, 0.3) is 0 Å². The highest BCUT2D eigenvalue weighted by Crippen LogP contribution is 2.27. The molecule has 0 unspecified atom stereocenters. The summed E-state index contributed by atoms with van der Waals surface area (Å²) >= 11 is 0. The third-order valence-electron chi connectivity index (χ3n) is 3.28. The molecular weight excluding hydrogens is 292 g/mol. The molecule has 1 amide bonds. The van der Waals surface area contributed by atoms with Crippen LogP contribution in [-0.4, -0.2) is 11.9 Å². The number of ether oxygens (including phenoxy) is 1. The number of rotatable bonds is 2. The number of esters is 1. The Hall–Kier alpha value is -2.76. The van der Waals surface area contributed by atoms with Crippen molar-refractivity contribution in [3.63, 3.8) is 0 Å². The third kappa shape index (κ3) is 2.95. The zero-order valence-electron chi connectivity index (χ0n) is 11.4. The molecule has 1 aliphatic heterocycles. The van der Waals surface area contributed by atoms with Gasteiger partial charge in [0.15, 0.2) is 0 Å². The standard InChI is InChI=1S/C16H11F2NO3/c17-11-5-10(6-12(18)8-11)16(21)22-13-2-3-14-9(7-13)1-4-15(20)19-14/h2-3,5-8H,1,4H2,(H,19,20). The number of anilines is 1. The lowest BCUT2D eigenvalue weighted by Gasteiger charge is -2.17. The highest BCUT2D eigenvalue weighted by atomic mass is 19.1. The smallest absolute Gasteiger partial charge is 0.343 e. The molecule has 0 bridgehead atoms. The van der Waals surface area contributed by atoms with Crippen molar-refractivity contribution >= 4 is 17.6 Å². The van der Waals surface area contributed by atoms with Crippen molar-refractivity contribution in [3.05, 3.63) is 59.2 Å². The van der Waals surface area contributed by atoms with Crippen LogP contribution in [0.1, 0.15) is 22.3 Å². The summed E-state index contributed by atoms with van der Waals surface area (Å²) in [5.74, 6) is -2.35. The number of hydrogen-bond acceptors (Lipinski definition) is 3. The Labute approximate surface area is 124 Å². The second kappa shape index (κ2) is 5.55. The summed E-state index contributed by atoms with van der Waals surface area (Å²) in [4.78, 5) is 23.2. The normalized spacial score (nSPS) is 13.3. The van der Waals surface area contributed by atoms with Crippen LogP contribution in [0.2, 0.25) is 0 Å². The number of amides is 1. The Morgan fingerprint density at radius 3 is 2.50 bits per heavy atom. The van der Waals surface area contributed by atoms with Crippen LogP contribution in [0, 0.1) is 11.6 Å². The second-order valence-electron chi connectivity index (χ2n) is 4.91. The van der Waals surface area contributed by atoms with Crippen LogP contribution in [0.5, 0.6) is 5.75 Å². The van der Waals surface area contributed by atoms with Crippen LogP contribution in [0.4, 0.5) is 14.5 Å². The molecule has 112 valence electrons. The first kappa shape index (κ1) is 14.2. The molecule has 0 aromatic heterocycles. The number of carbonyl (C=O) groups excluding carboxylic acids is 2. The summed E-state index contributed by atoms with van der Waals surface area (Å²) in [7, 11) is 0. The van der Waals surface area contributed by atoms with E-state index in [2.05, 4.69) is 5.32 Å². The van der Waals surface area contributed by atoms with E-state index in [-0.39, 0.29) is 17.2 Å². The van der Waals surface area contributed by atoms with Gasteiger partial charge in [-0.25, -0.2) is 13.6 Å². The van der Waals surface area contributed by atoms with Gasteiger partial charge in [0.2, 0.25) is 5.91 Å². The van der Waals surface area contributed by atoms with E-state index in [0.29, 0.717) is 24.6 Å². The summed E-state index contributed by atoms with van der Waals surface area (Å²) < 4.78 is 31.3. The fraction of sp³-hybridized carbons (Fsp3) is 0.125. The van der Waals surface area contributed by atoms with Gasteiger partial charge in [-0.15, -0.1) is 0 Å². The second-order valence-corrected chi connectivity index (χ2v) is 4.91. The number of halogens is 2. The number of hydrogen-bond donors (Lipinski definition) is 1. The van der Waals surface area contributed by atoms with E-state index in [1.165, 1.54) is 6.07 Å². The first-order valence-corrected chi connectivity index (χ1v) is 6.62. The molecule has 0 atom stereocenters. The van der Waals surface area contributed by atoms with Crippen molar-refractivity contribution in [2.45, 2.75) is 12.8 Å². The molecule has 1 heterocycles. The van der Waals surface area contributed by atoms with Gasteiger partial charge in [-0.2, -0.15) is 0 Å². The SMILES string of the molecule is O=C1CCc2cc(OC(=O)c3cc(F)cc(F)c3)ccc2N1. The van der Waals surface area contributed by atoms with Gasteiger partial charge in [0.1, 0.15) is 17.4 Å². The van der Waals surface area contributed by atoms with Crippen molar-refractivity contribution in [1.82, 2.24) is 0 Å². The molecule has 0 fully saturated rings. The predicted molar refractivity (Wildman–Crippen MR) is 74.7 cm³/mol. The minimum Gasteiger partial charge on any atom is -0.423 e. The van der Waals surface area contributed by atoms with Gasteiger partial charge in [-0.1, -0.05) is 0 Å². The van der Waals surface area contributed by atoms with Crippen LogP contribution >= 0.6 is 0 Å². The zero-order valence-corrected chi connectivity index (χ0v) is 11.4. The number of fused-ring (bicyclic) bond motifs is 1. The summed E-state index contributed by atoms with van der Waals surface area (Å²) in [6.45, 7) is 0. The largest absolute Gasteiger partial charge is 0.423 e. The topological polar surface area (TPSA) is 55.4 Å². The highest BCUT2D eigenvalue weighted by molar-refractivity contribution is 5.94. The Bertz CT molecular complexity index is 754. The van der Waals surface area contributed by atoms with E-state index < -0.39 is 17.6 Å². The maximum absolute atomic E-state index is 13.1. The molecule has 0 aliphatic carbocycles. The molecule has 2 aromatic rings. The van der Waals surface area contributed by atoms with E-state index in [9.17, 15) is 18.4 Å². The van der Waals surface area contributed by atoms with Crippen LogP contribution in [0.15, 0.2) is 36.4 Å². The fourth-order valence-electron chi connectivity index (χ4n) is 2.26. The van der Waals surface area contributed by atoms with Crippen molar-refractivity contribution in [3.8, 4) is 5.75 Å². The van der Waals surface area contributed by atoms with Crippen molar-refractivity contribution in [2.75, 3.05) is 5.32 Å². The maximum Gasteiger partial charge on any atom is 0.343 e. The zero-order chi connectivity index (χ0) is 15.7. The summed E-state index contributed by atoms with van der Waals surface area (Å²) in [6.07, 6.45) is 0.903. The molecule has 0 radical (unpaired) electrons. The Morgan fingerprint density at radius 2 is 1.77 bits per heavy atom. The van der Waals surface area contributed by atoms with E-state index in [1.807, 2.05) is 0 Å². The third-order valence-corrected chi connectivity index (χ3v) is 3.28. The average Bonchev–Trinajstić information content (AvgIpc) is 2.46. The lowest BCUT2D eigenvalue weighted by atomic mass is 10.0. The minimum atomic E-state index is -0.849. The predicted octanol–water partition coefficient (Wildman–Crippen LogP) is 3.07. The van der Waals surface area contributed by atoms with E-state index in [1.54, 1.807) is 12.1 Å². The Balaban J connectivity index is 1.81. The minimum absolute atomic E-state index is 0.0625. The molecule has 6 heteroatoms. The van der Waals surface area contributed by atoms with Crippen molar-refractivity contribution in [1.29, 1.82) is 0 Å². The van der Waals surface area contributed by atoms with E-state index in [4.69, 9.17) is 4.74 Å². The number of benzene rings is 2. The quantitative estimate of drug-likeness (QED) is 0.685. The average molecular weight is 303 g/mol. The van der Waals surface area contributed by atoms with Gasteiger partial charge < -0.3 is 10.1 Å².